The summed E-state index contributed by atoms with van der Waals surface area (Å²) in [6, 6.07) is 10.1. The molecule has 0 unspecified atom stereocenters. The smallest absolute Gasteiger partial charge is 0.344 e. The van der Waals surface area contributed by atoms with Crippen molar-refractivity contribution in [1.82, 2.24) is 14.3 Å². The van der Waals surface area contributed by atoms with E-state index >= 15 is 0 Å². The first kappa shape index (κ1) is 18.9. The summed E-state index contributed by atoms with van der Waals surface area (Å²) < 4.78 is 7.73. The van der Waals surface area contributed by atoms with Crippen molar-refractivity contribution in [3.8, 4) is 11.1 Å². The number of aryl methyl sites for hydroxylation is 1. The van der Waals surface area contributed by atoms with Gasteiger partial charge >= 0.3 is 5.63 Å². The molecule has 0 atom stereocenters. The lowest BCUT2D eigenvalue weighted by Gasteiger charge is -2.36. The number of piperazine rings is 1. The normalized spacial score (nSPS) is 15.3. The average molecular weight is 402 g/mol. The molecule has 4 aromatic rings. The van der Waals surface area contributed by atoms with Gasteiger partial charge in [0.1, 0.15) is 5.58 Å². The average Bonchev–Trinajstić information content (AvgIpc) is 3.16. The molecule has 0 N–H and O–H groups in total. The van der Waals surface area contributed by atoms with E-state index in [4.69, 9.17) is 4.42 Å². The lowest BCUT2D eigenvalue weighted by molar-refractivity contribution is 0.258. The zero-order valence-corrected chi connectivity index (χ0v) is 17.5. The van der Waals surface area contributed by atoms with Gasteiger partial charge in [-0.25, -0.2) is 4.79 Å². The molecule has 1 saturated heterocycles. The highest BCUT2D eigenvalue weighted by Gasteiger charge is 2.17. The fourth-order valence-electron chi connectivity index (χ4n) is 4.30. The predicted molar refractivity (Wildman–Crippen MR) is 120 cm³/mol. The summed E-state index contributed by atoms with van der Waals surface area (Å²) in [6.07, 6.45) is 6.91. The van der Waals surface area contributed by atoms with Crippen LogP contribution >= 0.6 is 0 Å². The van der Waals surface area contributed by atoms with Crippen molar-refractivity contribution >= 4 is 22.2 Å². The number of anilines is 1. The Morgan fingerprint density at radius 3 is 2.70 bits per heavy atom. The number of rotatable bonds is 4. The molecule has 0 radical (unpaired) electrons. The van der Waals surface area contributed by atoms with Gasteiger partial charge in [0, 0.05) is 61.3 Å². The highest BCUT2D eigenvalue weighted by Crippen LogP contribution is 2.27. The number of nitrogens with zero attached hydrogens (tertiary/aromatic N) is 4. The molecule has 1 fully saturated rings. The molecule has 0 saturated carbocycles. The van der Waals surface area contributed by atoms with Crippen LogP contribution in [0, 0.1) is 6.92 Å². The first-order chi connectivity index (χ1) is 14.6. The number of hydrogen-bond donors (Lipinski definition) is 0. The van der Waals surface area contributed by atoms with Crippen molar-refractivity contribution in [2.45, 2.75) is 20.3 Å². The molecule has 1 aliphatic heterocycles. The van der Waals surface area contributed by atoms with Crippen LogP contribution in [-0.4, -0.2) is 47.0 Å². The first-order valence-corrected chi connectivity index (χ1v) is 10.6. The van der Waals surface area contributed by atoms with Crippen LogP contribution in [0.5, 0.6) is 0 Å². The fourth-order valence-corrected chi connectivity index (χ4v) is 4.30. The molecule has 4 heterocycles. The summed E-state index contributed by atoms with van der Waals surface area (Å²) in [5.74, 6) is 0. The van der Waals surface area contributed by atoms with Crippen LogP contribution in [0.25, 0.3) is 27.6 Å². The van der Waals surface area contributed by atoms with Crippen molar-refractivity contribution < 1.29 is 4.42 Å². The second-order valence-electron chi connectivity index (χ2n) is 8.09. The highest BCUT2D eigenvalue weighted by molar-refractivity contribution is 5.85. The maximum atomic E-state index is 12.8. The second-order valence-corrected chi connectivity index (χ2v) is 8.09. The lowest BCUT2D eigenvalue weighted by atomic mass is 10.1. The summed E-state index contributed by atoms with van der Waals surface area (Å²) in [5.41, 5.74) is 4.74. The zero-order chi connectivity index (χ0) is 20.7. The molecule has 3 aromatic heterocycles. The van der Waals surface area contributed by atoms with Gasteiger partial charge in [-0.05, 0) is 44.2 Å². The third-order valence-corrected chi connectivity index (χ3v) is 5.91. The van der Waals surface area contributed by atoms with Gasteiger partial charge in [-0.2, -0.15) is 0 Å². The van der Waals surface area contributed by atoms with Gasteiger partial charge in [0.2, 0.25) is 0 Å². The van der Waals surface area contributed by atoms with Crippen LogP contribution in [0.2, 0.25) is 0 Å². The third-order valence-electron chi connectivity index (χ3n) is 5.91. The second kappa shape index (κ2) is 7.61. The van der Waals surface area contributed by atoms with Gasteiger partial charge in [0.05, 0.1) is 23.0 Å². The largest absolute Gasteiger partial charge is 0.422 e. The Balaban J connectivity index is 1.46. The molecule has 6 heteroatoms. The molecule has 1 aliphatic rings. The SMILES string of the molecule is CCCN1CCN(c2ccc3cc(-c4cc5cnc(C)cn5c4)c(=O)oc3c2)CC1. The van der Waals surface area contributed by atoms with Crippen LogP contribution in [0.1, 0.15) is 19.0 Å². The summed E-state index contributed by atoms with van der Waals surface area (Å²) in [6.45, 7) is 9.48. The van der Waals surface area contributed by atoms with Crippen LogP contribution in [0.3, 0.4) is 0 Å². The summed E-state index contributed by atoms with van der Waals surface area (Å²) in [4.78, 5) is 22.0. The molecule has 6 nitrogen and oxygen atoms in total. The Morgan fingerprint density at radius 1 is 1.07 bits per heavy atom. The van der Waals surface area contributed by atoms with Crippen molar-refractivity contribution in [3.63, 3.8) is 0 Å². The van der Waals surface area contributed by atoms with E-state index in [9.17, 15) is 4.79 Å². The van der Waals surface area contributed by atoms with Crippen LogP contribution in [0.4, 0.5) is 5.69 Å². The van der Waals surface area contributed by atoms with Crippen LogP contribution < -0.4 is 10.5 Å². The van der Waals surface area contributed by atoms with Gasteiger partial charge in [0.15, 0.2) is 0 Å². The fraction of sp³-hybridized carbons (Fsp3) is 0.333. The molecular formula is C24H26N4O2. The molecule has 0 amide bonds. The summed E-state index contributed by atoms with van der Waals surface area (Å²) in [7, 11) is 0. The Labute approximate surface area is 175 Å². The van der Waals surface area contributed by atoms with Crippen molar-refractivity contribution in [2.75, 3.05) is 37.6 Å². The quantitative estimate of drug-likeness (QED) is 0.484. The van der Waals surface area contributed by atoms with E-state index in [0.29, 0.717) is 11.1 Å². The van der Waals surface area contributed by atoms with Crippen molar-refractivity contribution in [3.05, 3.63) is 65.0 Å². The first-order valence-electron chi connectivity index (χ1n) is 10.6. The number of fused-ring (bicyclic) bond motifs is 2. The Morgan fingerprint density at radius 2 is 1.90 bits per heavy atom. The monoisotopic (exact) mass is 402 g/mol. The van der Waals surface area contributed by atoms with E-state index in [1.807, 2.05) is 48.1 Å². The number of aromatic nitrogens is 2. The van der Waals surface area contributed by atoms with Gasteiger partial charge in [-0.15, -0.1) is 0 Å². The number of hydrogen-bond acceptors (Lipinski definition) is 5. The minimum atomic E-state index is -0.312. The minimum Gasteiger partial charge on any atom is -0.422 e. The van der Waals surface area contributed by atoms with Crippen molar-refractivity contribution in [2.24, 2.45) is 0 Å². The molecule has 0 aliphatic carbocycles. The van der Waals surface area contributed by atoms with Gasteiger partial charge < -0.3 is 13.7 Å². The summed E-state index contributed by atoms with van der Waals surface area (Å²) >= 11 is 0. The third kappa shape index (κ3) is 3.48. The molecule has 0 spiro atoms. The topological polar surface area (TPSA) is 54.0 Å². The Kier molecular flexibility index (Phi) is 4.79. The number of benzene rings is 1. The molecule has 1 aromatic carbocycles. The van der Waals surface area contributed by atoms with Crippen molar-refractivity contribution in [1.29, 1.82) is 0 Å². The highest BCUT2D eigenvalue weighted by atomic mass is 16.4. The van der Waals surface area contributed by atoms with E-state index in [1.54, 1.807) is 0 Å². The molecular weight excluding hydrogens is 376 g/mol. The molecule has 0 bridgehead atoms. The maximum Gasteiger partial charge on any atom is 0.344 e. The zero-order valence-electron chi connectivity index (χ0n) is 17.5. The minimum absolute atomic E-state index is 0.312. The van der Waals surface area contributed by atoms with Gasteiger partial charge in [0.25, 0.3) is 0 Å². The van der Waals surface area contributed by atoms with Gasteiger partial charge in [-0.1, -0.05) is 6.92 Å². The molecule has 154 valence electrons. The van der Waals surface area contributed by atoms with E-state index in [0.717, 1.165) is 60.6 Å². The van der Waals surface area contributed by atoms with Crippen LogP contribution in [-0.2, 0) is 0 Å². The van der Waals surface area contributed by atoms with Gasteiger partial charge in [-0.3, -0.25) is 9.88 Å². The van der Waals surface area contributed by atoms with E-state index in [1.165, 1.54) is 6.42 Å². The van der Waals surface area contributed by atoms with E-state index < -0.39 is 0 Å². The Bertz CT molecular complexity index is 1270. The van der Waals surface area contributed by atoms with E-state index in [-0.39, 0.29) is 5.63 Å². The molecule has 5 rings (SSSR count). The summed E-state index contributed by atoms with van der Waals surface area (Å²) in [5, 5.41) is 0.933. The maximum absolute atomic E-state index is 12.8. The lowest BCUT2D eigenvalue weighted by Crippen LogP contribution is -2.46. The standard InChI is InChI=1S/C24H26N4O2/c1-3-6-26-7-9-27(10-8-26)20-5-4-18-12-22(24(29)30-23(18)13-20)19-11-21-14-25-17(2)15-28(21)16-19/h4-5,11-16H,3,6-10H2,1-2H3. The Hall–Kier alpha value is -3.12. The van der Waals surface area contributed by atoms with E-state index in [2.05, 4.69) is 33.8 Å². The predicted octanol–water partition coefficient (Wildman–Crippen LogP) is 3.95. The molecule has 30 heavy (non-hydrogen) atoms. The van der Waals surface area contributed by atoms with Crippen LogP contribution in [0.15, 0.2) is 58.1 Å².